The fraction of sp³-hybridized carbons (Fsp3) is 0.565. The molecule has 1 aromatic carbocycles. The number of hydrogen-bond donors (Lipinski definition) is 1. The van der Waals surface area contributed by atoms with Crippen LogP contribution >= 0.6 is 11.3 Å². The van der Waals surface area contributed by atoms with Gasteiger partial charge in [-0.3, -0.25) is 9.69 Å². The monoisotopic (exact) mass is 412 g/mol. The molecule has 1 amide bonds. The summed E-state index contributed by atoms with van der Waals surface area (Å²) >= 11 is 1.85. The Labute approximate surface area is 178 Å². The molecule has 1 aromatic heterocycles. The normalized spacial score (nSPS) is 17.2. The second kappa shape index (κ2) is 10.2. The second-order valence-electron chi connectivity index (χ2n) is 8.05. The lowest BCUT2D eigenvalue weighted by molar-refractivity contribution is -0.121. The third-order valence-corrected chi connectivity index (χ3v) is 7.14. The van der Waals surface area contributed by atoms with Crippen LogP contribution in [-0.2, 0) is 24.1 Å². The lowest BCUT2D eigenvalue weighted by Crippen LogP contribution is -2.46. The van der Waals surface area contributed by atoms with Gasteiger partial charge in [0.15, 0.2) is 0 Å². The zero-order valence-corrected chi connectivity index (χ0v) is 18.1. The number of carbonyl (C=O) groups excluding carboxylic acids is 1. The van der Waals surface area contributed by atoms with E-state index in [4.69, 9.17) is 4.98 Å². The maximum absolute atomic E-state index is 12.2. The number of aryl methyl sites for hydroxylation is 2. The van der Waals surface area contributed by atoms with Crippen LogP contribution in [0, 0.1) is 0 Å². The highest BCUT2D eigenvalue weighted by Crippen LogP contribution is 2.26. The number of para-hydroxylation sites is 1. The lowest BCUT2D eigenvalue weighted by Gasteiger charge is -2.36. The number of carbonyl (C=O) groups is 1. The topological polar surface area (TPSA) is 48.5 Å². The van der Waals surface area contributed by atoms with E-state index in [1.165, 1.54) is 40.5 Å². The van der Waals surface area contributed by atoms with Gasteiger partial charge in [0, 0.05) is 56.1 Å². The number of hydrogen-bond acceptors (Lipinski definition) is 5. The van der Waals surface area contributed by atoms with Gasteiger partial charge < -0.3 is 10.2 Å². The van der Waals surface area contributed by atoms with Gasteiger partial charge in [-0.1, -0.05) is 18.2 Å². The first-order valence-electron chi connectivity index (χ1n) is 11.0. The van der Waals surface area contributed by atoms with Crippen LogP contribution in [0.3, 0.4) is 0 Å². The van der Waals surface area contributed by atoms with Gasteiger partial charge in [0.25, 0.3) is 0 Å². The van der Waals surface area contributed by atoms with Crippen molar-refractivity contribution in [3.63, 3.8) is 0 Å². The smallest absolute Gasteiger partial charge is 0.220 e. The molecule has 0 radical (unpaired) electrons. The van der Waals surface area contributed by atoms with Gasteiger partial charge in [0.2, 0.25) is 5.91 Å². The summed E-state index contributed by atoms with van der Waals surface area (Å²) in [6, 6.07) is 10.6. The van der Waals surface area contributed by atoms with Crippen molar-refractivity contribution in [3.05, 3.63) is 45.9 Å². The number of nitrogens with zero attached hydrogens (tertiary/aromatic N) is 3. The van der Waals surface area contributed by atoms with E-state index in [-0.39, 0.29) is 5.91 Å². The highest BCUT2D eigenvalue weighted by Gasteiger charge is 2.17. The molecule has 0 spiro atoms. The molecule has 29 heavy (non-hydrogen) atoms. The summed E-state index contributed by atoms with van der Waals surface area (Å²) < 4.78 is 0. The number of aromatic nitrogens is 1. The molecule has 0 unspecified atom stereocenters. The Balaban J connectivity index is 1.08. The summed E-state index contributed by atoms with van der Waals surface area (Å²) in [7, 11) is 0. The van der Waals surface area contributed by atoms with Crippen molar-refractivity contribution in [2.24, 2.45) is 0 Å². The van der Waals surface area contributed by atoms with Crippen LogP contribution in [0.25, 0.3) is 0 Å². The molecule has 2 aromatic rings. The van der Waals surface area contributed by atoms with E-state index in [1.807, 2.05) is 11.3 Å². The van der Waals surface area contributed by atoms with Crippen LogP contribution in [0.1, 0.15) is 41.3 Å². The summed E-state index contributed by atoms with van der Waals surface area (Å²) in [5, 5.41) is 4.27. The molecule has 1 saturated heterocycles. The Morgan fingerprint density at radius 1 is 1.07 bits per heavy atom. The minimum atomic E-state index is 0.175. The minimum absolute atomic E-state index is 0.175. The number of thiazole rings is 1. The molecule has 156 valence electrons. The van der Waals surface area contributed by atoms with Crippen LogP contribution < -0.4 is 10.2 Å². The Morgan fingerprint density at radius 3 is 2.66 bits per heavy atom. The maximum atomic E-state index is 12.2. The average Bonchev–Trinajstić information content (AvgIpc) is 3.18. The molecule has 0 atom stereocenters. The van der Waals surface area contributed by atoms with E-state index in [0.717, 1.165) is 52.0 Å². The number of benzene rings is 1. The van der Waals surface area contributed by atoms with Crippen LogP contribution in [0.2, 0.25) is 0 Å². The molecule has 1 aliphatic carbocycles. The van der Waals surface area contributed by atoms with Crippen molar-refractivity contribution in [2.45, 2.75) is 44.9 Å². The first kappa shape index (κ1) is 20.4. The Hall–Kier alpha value is -1.92. The van der Waals surface area contributed by atoms with Crippen molar-refractivity contribution in [3.8, 4) is 0 Å². The Morgan fingerprint density at radius 2 is 1.86 bits per heavy atom. The largest absolute Gasteiger partial charge is 0.369 e. The molecule has 5 nitrogen and oxygen atoms in total. The number of nitrogens with one attached hydrogen (secondary N) is 1. The zero-order valence-electron chi connectivity index (χ0n) is 17.2. The highest BCUT2D eigenvalue weighted by atomic mass is 32.1. The molecule has 6 heteroatoms. The van der Waals surface area contributed by atoms with Crippen LogP contribution in [0.15, 0.2) is 30.3 Å². The molecule has 1 aliphatic heterocycles. The highest BCUT2D eigenvalue weighted by molar-refractivity contribution is 7.11. The minimum Gasteiger partial charge on any atom is -0.369 e. The molecule has 0 bridgehead atoms. The molecule has 0 saturated carbocycles. The van der Waals surface area contributed by atoms with Crippen LogP contribution in [0.5, 0.6) is 0 Å². The summed E-state index contributed by atoms with van der Waals surface area (Å²) in [4.78, 5) is 23.3. The molecule has 2 heterocycles. The third-order valence-electron chi connectivity index (χ3n) is 5.92. The molecular formula is C23H32N4OS. The third kappa shape index (κ3) is 5.80. The maximum Gasteiger partial charge on any atom is 0.220 e. The summed E-state index contributed by atoms with van der Waals surface area (Å²) in [6.07, 6.45) is 7.32. The SMILES string of the molecule is O=C(CCCN1CCN(c2ccccc2)CC1)NCCc1nc2c(s1)CCCC2. The standard InChI is InChI=1S/C23H32N4OS/c28-22(24-13-12-23-25-20-9-4-5-10-21(20)29-23)11-6-14-26-15-17-27(18-16-26)19-7-2-1-3-8-19/h1-3,7-8H,4-6,9-18H2,(H,24,28). The fourth-order valence-corrected chi connectivity index (χ4v) is 5.40. The number of anilines is 1. The molecule has 1 N–H and O–H groups in total. The van der Waals surface area contributed by atoms with Gasteiger partial charge in [0.1, 0.15) is 0 Å². The number of rotatable bonds is 8. The quantitative estimate of drug-likeness (QED) is 0.723. The van der Waals surface area contributed by atoms with Gasteiger partial charge in [-0.05, 0) is 50.8 Å². The van der Waals surface area contributed by atoms with E-state index in [1.54, 1.807) is 0 Å². The van der Waals surface area contributed by atoms with E-state index < -0.39 is 0 Å². The summed E-state index contributed by atoms with van der Waals surface area (Å²) in [5.41, 5.74) is 2.63. The van der Waals surface area contributed by atoms with Crippen molar-refractivity contribution in [1.29, 1.82) is 0 Å². The second-order valence-corrected chi connectivity index (χ2v) is 9.22. The molecule has 4 rings (SSSR count). The van der Waals surface area contributed by atoms with Crippen molar-refractivity contribution < 1.29 is 4.79 Å². The fourth-order valence-electron chi connectivity index (χ4n) is 4.24. The summed E-state index contributed by atoms with van der Waals surface area (Å²) in [6.45, 7) is 5.99. The first-order chi connectivity index (χ1) is 14.3. The Bertz CT molecular complexity index is 760. The van der Waals surface area contributed by atoms with E-state index in [0.29, 0.717) is 13.0 Å². The van der Waals surface area contributed by atoms with Crippen molar-refractivity contribution in [2.75, 3.05) is 44.2 Å². The molecular weight excluding hydrogens is 380 g/mol. The van der Waals surface area contributed by atoms with Crippen molar-refractivity contribution >= 4 is 22.9 Å². The lowest BCUT2D eigenvalue weighted by atomic mass is 10.0. The predicted octanol–water partition coefficient (Wildman–Crippen LogP) is 3.28. The molecule has 2 aliphatic rings. The van der Waals surface area contributed by atoms with E-state index in [9.17, 15) is 4.79 Å². The van der Waals surface area contributed by atoms with Crippen LogP contribution in [-0.4, -0.2) is 55.1 Å². The van der Waals surface area contributed by atoms with Gasteiger partial charge >= 0.3 is 0 Å². The molecule has 1 fully saturated rings. The van der Waals surface area contributed by atoms with Gasteiger partial charge in [0.05, 0.1) is 10.7 Å². The first-order valence-corrected chi connectivity index (χ1v) is 11.9. The van der Waals surface area contributed by atoms with Crippen LogP contribution in [0.4, 0.5) is 5.69 Å². The summed E-state index contributed by atoms with van der Waals surface area (Å²) in [5.74, 6) is 0.175. The van der Waals surface area contributed by atoms with E-state index >= 15 is 0 Å². The zero-order chi connectivity index (χ0) is 19.9. The van der Waals surface area contributed by atoms with Gasteiger partial charge in [-0.2, -0.15) is 0 Å². The van der Waals surface area contributed by atoms with Gasteiger partial charge in [-0.15, -0.1) is 11.3 Å². The number of piperazine rings is 1. The predicted molar refractivity (Wildman–Crippen MR) is 120 cm³/mol. The average molecular weight is 413 g/mol. The van der Waals surface area contributed by atoms with Gasteiger partial charge in [-0.25, -0.2) is 4.98 Å². The number of amides is 1. The van der Waals surface area contributed by atoms with E-state index in [2.05, 4.69) is 45.4 Å². The van der Waals surface area contributed by atoms with Crippen molar-refractivity contribution in [1.82, 2.24) is 15.2 Å². The Kier molecular flexibility index (Phi) is 7.17. The number of fused-ring (bicyclic) bond motifs is 1.